The average molecular weight is 278 g/mol. The number of hydrogen-bond acceptors (Lipinski definition) is 2. The quantitative estimate of drug-likeness (QED) is 0.874. The highest BCUT2D eigenvalue weighted by atomic mass is 16.5. The number of aliphatic hydroxyl groups excluding tert-OH is 1. The van der Waals surface area contributed by atoms with Gasteiger partial charge >= 0.3 is 0 Å². The molecule has 0 amide bonds. The molecular weight excluding hydrogens is 260 g/mol. The lowest BCUT2D eigenvalue weighted by atomic mass is 9.78. The van der Waals surface area contributed by atoms with E-state index in [-0.39, 0.29) is 6.61 Å². The second-order valence-corrected chi connectivity index (χ2v) is 5.35. The Labute approximate surface area is 125 Å². The SMILES string of the molecule is Cc1cc(OCC2Cc3ccccc32)ccc1C#CCO. The maximum atomic E-state index is 8.73. The molecule has 0 spiro atoms. The molecule has 1 atom stereocenters. The summed E-state index contributed by atoms with van der Waals surface area (Å²) in [6.07, 6.45) is 1.11. The molecule has 2 nitrogen and oxygen atoms in total. The molecule has 0 saturated carbocycles. The Kier molecular flexibility index (Phi) is 3.94. The molecule has 1 aliphatic rings. The summed E-state index contributed by atoms with van der Waals surface area (Å²) in [5.41, 5.74) is 4.87. The summed E-state index contributed by atoms with van der Waals surface area (Å²) in [7, 11) is 0. The molecule has 2 aromatic rings. The molecule has 0 fully saturated rings. The van der Waals surface area contributed by atoms with Gasteiger partial charge in [0.1, 0.15) is 12.4 Å². The first-order valence-corrected chi connectivity index (χ1v) is 7.19. The van der Waals surface area contributed by atoms with Crippen LogP contribution in [0.5, 0.6) is 5.75 Å². The minimum Gasteiger partial charge on any atom is -0.493 e. The number of fused-ring (bicyclic) bond motifs is 1. The topological polar surface area (TPSA) is 29.5 Å². The largest absolute Gasteiger partial charge is 0.493 e. The first kappa shape index (κ1) is 13.7. The highest BCUT2D eigenvalue weighted by molar-refractivity contribution is 5.45. The fourth-order valence-electron chi connectivity index (χ4n) is 2.71. The van der Waals surface area contributed by atoms with Gasteiger partial charge in [0.2, 0.25) is 0 Å². The summed E-state index contributed by atoms with van der Waals surface area (Å²) in [4.78, 5) is 0. The van der Waals surface area contributed by atoms with Gasteiger partial charge in [-0.3, -0.25) is 0 Å². The highest BCUT2D eigenvalue weighted by Gasteiger charge is 2.25. The molecule has 21 heavy (non-hydrogen) atoms. The van der Waals surface area contributed by atoms with Crippen LogP contribution in [0.25, 0.3) is 0 Å². The third-order valence-electron chi connectivity index (χ3n) is 3.91. The van der Waals surface area contributed by atoms with Crippen LogP contribution in [0, 0.1) is 18.8 Å². The van der Waals surface area contributed by atoms with Gasteiger partial charge < -0.3 is 9.84 Å². The van der Waals surface area contributed by atoms with E-state index in [1.54, 1.807) is 0 Å². The van der Waals surface area contributed by atoms with E-state index in [4.69, 9.17) is 9.84 Å². The van der Waals surface area contributed by atoms with Gasteiger partial charge in [0.15, 0.2) is 0 Å². The maximum absolute atomic E-state index is 8.73. The average Bonchev–Trinajstić information content (AvgIpc) is 2.47. The van der Waals surface area contributed by atoms with Crippen LogP contribution in [0.15, 0.2) is 42.5 Å². The Balaban J connectivity index is 1.63. The van der Waals surface area contributed by atoms with E-state index in [1.165, 1.54) is 11.1 Å². The molecule has 1 unspecified atom stereocenters. The lowest BCUT2D eigenvalue weighted by Gasteiger charge is -2.29. The lowest BCUT2D eigenvalue weighted by molar-refractivity contribution is 0.275. The van der Waals surface area contributed by atoms with Crippen molar-refractivity contribution in [2.24, 2.45) is 0 Å². The Bertz CT molecular complexity index is 707. The second-order valence-electron chi connectivity index (χ2n) is 5.35. The Morgan fingerprint density at radius 1 is 1.24 bits per heavy atom. The molecule has 0 bridgehead atoms. The van der Waals surface area contributed by atoms with Gasteiger partial charge in [0.05, 0.1) is 6.61 Å². The highest BCUT2D eigenvalue weighted by Crippen LogP contribution is 2.35. The predicted molar refractivity (Wildman–Crippen MR) is 83.5 cm³/mol. The molecule has 0 aromatic heterocycles. The molecule has 2 aromatic carbocycles. The first-order chi connectivity index (χ1) is 10.3. The van der Waals surface area contributed by atoms with Crippen LogP contribution in [-0.2, 0) is 6.42 Å². The van der Waals surface area contributed by atoms with E-state index in [2.05, 4.69) is 36.1 Å². The Hall–Kier alpha value is -2.24. The number of aliphatic hydroxyl groups is 1. The van der Waals surface area contributed by atoms with Crippen molar-refractivity contribution in [1.82, 2.24) is 0 Å². The number of aryl methyl sites for hydroxylation is 1. The van der Waals surface area contributed by atoms with Crippen LogP contribution in [0.2, 0.25) is 0 Å². The van der Waals surface area contributed by atoms with E-state index >= 15 is 0 Å². The summed E-state index contributed by atoms with van der Waals surface area (Å²) in [6, 6.07) is 14.4. The van der Waals surface area contributed by atoms with E-state index in [9.17, 15) is 0 Å². The molecule has 0 saturated heterocycles. The van der Waals surface area contributed by atoms with Crippen molar-refractivity contribution in [2.75, 3.05) is 13.2 Å². The van der Waals surface area contributed by atoms with Gasteiger partial charge in [0.25, 0.3) is 0 Å². The number of ether oxygens (including phenoxy) is 1. The molecule has 1 N–H and O–H groups in total. The summed E-state index contributed by atoms with van der Waals surface area (Å²) < 4.78 is 5.91. The third-order valence-corrected chi connectivity index (χ3v) is 3.91. The van der Waals surface area contributed by atoms with Crippen LogP contribution in [0.3, 0.4) is 0 Å². The number of rotatable bonds is 3. The standard InChI is InChI=1S/C19H18O2/c1-14-11-18(9-8-15(14)6-4-10-20)21-13-17-12-16-5-2-3-7-19(16)17/h2-3,5,7-9,11,17,20H,10,12-13H2,1H3. The monoisotopic (exact) mass is 278 g/mol. The smallest absolute Gasteiger partial charge is 0.119 e. The van der Waals surface area contributed by atoms with Crippen molar-refractivity contribution in [2.45, 2.75) is 19.3 Å². The molecule has 2 heteroatoms. The summed E-state index contributed by atoms with van der Waals surface area (Å²) in [6.45, 7) is 2.61. The van der Waals surface area contributed by atoms with Gasteiger partial charge in [-0.25, -0.2) is 0 Å². The van der Waals surface area contributed by atoms with Crippen molar-refractivity contribution < 1.29 is 9.84 Å². The van der Waals surface area contributed by atoms with Gasteiger partial charge in [-0.15, -0.1) is 0 Å². The second kappa shape index (κ2) is 6.03. The zero-order valence-electron chi connectivity index (χ0n) is 12.1. The summed E-state index contributed by atoms with van der Waals surface area (Å²) in [5.74, 6) is 6.99. The van der Waals surface area contributed by atoms with Crippen molar-refractivity contribution in [1.29, 1.82) is 0 Å². The normalized spacial score (nSPS) is 15.4. The Morgan fingerprint density at radius 3 is 2.86 bits per heavy atom. The zero-order chi connectivity index (χ0) is 14.7. The molecule has 0 aliphatic heterocycles. The fraction of sp³-hybridized carbons (Fsp3) is 0.263. The molecule has 1 aliphatic carbocycles. The van der Waals surface area contributed by atoms with Crippen LogP contribution >= 0.6 is 0 Å². The van der Waals surface area contributed by atoms with E-state index in [1.807, 2.05) is 25.1 Å². The van der Waals surface area contributed by atoms with Crippen LogP contribution in [0.4, 0.5) is 0 Å². The van der Waals surface area contributed by atoms with Crippen molar-refractivity contribution >= 4 is 0 Å². The molecule has 3 rings (SSSR count). The van der Waals surface area contributed by atoms with Crippen molar-refractivity contribution in [3.8, 4) is 17.6 Å². The summed E-state index contributed by atoms with van der Waals surface area (Å²) in [5, 5.41) is 8.73. The predicted octanol–water partition coefficient (Wildman–Crippen LogP) is 3.06. The maximum Gasteiger partial charge on any atom is 0.119 e. The van der Waals surface area contributed by atoms with Crippen molar-refractivity contribution in [3.63, 3.8) is 0 Å². The van der Waals surface area contributed by atoms with Crippen molar-refractivity contribution in [3.05, 3.63) is 64.7 Å². The van der Waals surface area contributed by atoms with Crippen LogP contribution in [0.1, 0.15) is 28.2 Å². The number of benzene rings is 2. The van der Waals surface area contributed by atoms with Gasteiger partial charge in [-0.2, -0.15) is 0 Å². The minimum atomic E-state index is -0.112. The molecule has 0 radical (unpaired) electrons. The Morgan fingerprint density at radius 2 is 2.10 bits per heavy atom. The minimum absolute atomic E-state index is 0.112. The third kappa shape index (κ3) is 2.94. The molecule has 106 valence electrons. The molecule has 0 heterocycles. The van der Waals surface area contributed by atoms with Crippen LogP contribution < -0.4 is 4.74 Å². The van der Waals surface area contributed by atoms with Gasteiger partial charge in [-0.05, 0) is 48.2 Å². The first-order valence-electron chi connectivity index (χ1n) is 7.19. The van der Waals surface area contributed by atoms with Gasteiger partial charge in [0, 0.05) is 11.5 Å². The number of hydrogen-bond donors (Lipinski definition) is 1. The van der Waals surface area contributed by atoms with Crippen LogP contribution in [-0.4, -0.2) is 18.3 Å². The lowest BCUT2D eigenvalue weighted by Crippen LogP contribution is -2.23. The summed E-state index contributed by atoms with van der Waals surface area (Å²) >= 11 is 0. The molecular formula is C19H18O2. The fourth-order valence-corrected chi connectivity index (χ4v) is 2.71. The zero-order valence-corrected chi connectivity index (χ0v) is 12.1. The van der Waals surface area contributed by atoms with E-state index < -0.39 is 0 Å². The van der Waals surface area contributed by atoms with E-state index in [0.29, 0.717) is 5.92 Å². The van der Waals surface area contributed by atoms with E-state index in [0.717, 1.165) is 29.9 Å². The van der Waals surface area contributed by atoms with Gasteiger partial charge in [-0.1, -0.05) is 36.1 Å².